The molecule has 6 heteroatoms. The molecule has 1 saturated carbocycles. The van der Waals surface area contributed by atoms with Crippen LogP contribution in [0.15, 0.2) is 0 Å². The fourth-order valence-corrected chi connectivity index (χ4v) is 2.48. The first kappa shape index (κ1) is 12.4. The summed E-state index contributed by atoms with van der Waals surface area (Å²) >= 11 is 0. The van der Waals surface area contributed by atoms with Crippen molar-refractivity contribution in [1.82, 2.24) is 4.72 Å². The van der Waals surface area contributed by atoms with Gasteiger partial charge in [0.1, 0.15) is 0 Å². The Morgan fingerprint density at radius 3 is 2.33 bits per heavy atom. The number of carbonyl (C=O) groups is 1. The smallest absolute Gasteiger partial charge is 0.235 e. The van der Waals surface area contributed by atoms with E-state index in [0.29, 0.717) is 0 Å². The van der Waals surface area contributed by atoms with Gasteiger partial charge in [-0.15, -0.1) is 0 Å². The Morgan fingerprint density at radius 1 is 1.33 bits per heavy atom. The molecule has 0 unspecified atom stereocenters. The van der Waals surface area contributed by atoms with Crippen molar-refractivity contribution in [3.05, 3.63) is 0 Å². The minimum absolute atomic E-state index is 0.0973. The van der Waals surface area contributed by atoms with Crippen molar-refractivity contribution in [1.29, 1.82) is 0 Å². The first-order valence-corrected chi connectivity index (χ1v) is 6.99. The van der Waals surface area contributed by atoms with E-state index in [1.807, 2.05) is 4.72 Å². The molecule has 0 spiro atoms. The molecule has 0 heterocycles. The molecule has 1 aliphatic carbocycles. The third kappa shape index (κ3) is 4.61. The number of carbonyl (C=O) groups excluding carboxylic acids is 1. The standard InChI is InChI=1S/C9H18N2O3S/c1-15(13,14)11-8(12)7-9(10)5-3-2-4-6-9/h2-7,10H2,1H3,(H,11,12). The van der Waals surface area contributed by atoms with Gasteiger partial charge in [0, 0.05) is 12.0 Å². The summed E-state index contributed by atoms with van der Waals surface area (Å²) in [5.41, 5.74) is 5.52. The quantitative estimate of drug-likeness (QED) is 0.725. The van der Waals surface area contributed by atoms with Gasteiger partial charge >= 0.3 is 0 Å². The lowest BCUT2D eigenvalue weighted by Gasteiger charge is -2.32. The van der Waals surface area contributed by atoms with Gasteiger partial charge in [-0.3, -0.25) is 9.52 Å². The molecule has 1 amide bonds. The molecule has 0 aromatic heterocycles. The van der Waals surface area contributed by atoms with Crippen LogP contribution in [0.25, 0.3) is 0 Å². The molecule has 0 aliphatic heterocycles. The van der Waals surface area contributed by atoms with Gasteiger partial charge in [0.15, 0.2) is 0 Å². The van der Waals surface area contributed by atoms with Crippen LogP contribution in [0.3, 0.4) is 0 Å². The van der Waals surface area contributed by atoms with Crippen molar-refractivity contribution < 1.29 is 13.2 Å². The van der Waals surface area contributed by atoms with Crippen molar-refractivity contribution in [2.24, 2.45) is 5.73 Å². The van der Waals surface area contributed by atoms with Crippen molar-refractivity contribution in [2.45, 2.75) is 44.1 Å². The molecule has 0 aromatic carbocycles. The summed E-state index contributed by atoms with van der Waals surface area (Å²) in [6.07, 6.45) is 5.83. The van der Waals surface area contributed by atoms with Gasteiger partial charge in [-0.05, 0) is 12.8 Å². The highest BCUT2D eigenvalue weighted by Gasteiger charge is 2.30. The Bertz CT molecular complexity index is 331. The Balaban J connectivity index is 2.49. The molecule has 0 aromatic rings. The summed E-state index contributed by atoms with van der Waals surface area (Å²) in [5.74, 6) is -0.498. The number of amides is 1. The number of rotatable bonds is 3. The minimum atomic E-state index is -3.46. The predicted molar refractivity (Wildman–Crippen MR) is 57.6 cm³/mol. The highest BCUT2D eigenvalue weighted by Crippen LogP contribution is 2.28. The molecule has 0 radical (unpaired) electrons. The summed E-state index contributed by atoms with van der Waals surface area (Å²) in [6.45, 7) is 0. The fourth-order valence-electron chi connectivity index (χ4n) is 2.00. The normalized spacial score (nSPS) is 20.9. The monoisotopic (exact) mass is 234 g/mol. The van der Waals surface area contributed by atoms with Gasteiger partial charge in [0.05, 0.1) is 6.26 Å². The topological polar surface area (TPSA) is 89.3 Å². The van der Waals surface area contributed by atoms with E-state index in [0.717, 1.165) is 38.4 Å². The second-order valence-electron chi connectivity index (χ2n) is 4.40. The van der Waals surface area contributed by atoms with Crippen LogP contribution in [0.2, 0.25) is 0 Å². The molecule has 5 nitrogen and oxygen atoms in total. The third-order valence-corrected chi connectivity index (χ3v) is 3.26. The summed E-state index contributed by atoms with van der Waals surface area (Å²) in [5, 5.41) is 0. The summed E-state index contributed by atoms with van der Waals surface area (Å²) < 4.78 is 23.6. The van der Waals surface area contributed by atoms with E-state index in [1.54, 1.807) is 0 Å². The van der Waals surface area contributed by atoms with E-state index in [4.69, 9.17) is 5.73 Å². The van der Waals surface area contributed by atoms with Crippen LogP contribution in [0.5, 0.6) is 0 Å². The van der Waals surface area contributed by atoms with Gasteiger partial charge in [-0.1, -0.05) is 19.3 Å². The molecule has 88 valence electrons. The predicted octanol–water partition coefficient (Wildman–Crippen LogP) is 0.114. The highest BCUT2D eigenvalue weighted by molar-refractivity contribution is 7.89. The minimum Gasteiger partial charge on any atom is -0.325 e. The summed E-state index contributed by atoms with van der Waals surface area (Å²) in [4.78, 5) is 11.4. The second-order valence-corrected chi connectivity index (χ2v) is 6.15. The maximum Gasteiger partial charge on any atom is 0.235 e. The van der Waals surface area contributed by atoms with Crippen molar-refractivity contribution in [3.63, 3.8) is 0 Å². The summed E-state index contributed by atoms with van der Waals surface area (Å²) in [7, 11) is -3.46. The maximum absolute atomic E-state index is 11.4. The Hall–Kier alpha value is -0.620. The largest absolute Gasteiger partial charge is 0.325 e. The van der Waals surface area contributed by atoms with E-state index in [1.165, 1.54) is 0 Å². The Kier molecular flexibility index (Phi) is 3.72. The van der Waals surface area contributed by atoms with Crippen LogP contribution < -0.4 is 10.5 Å². The van der Waals surface area contributed by atoms with Crippen LogP contribution >= 0.6 is 0 Å². The van der Waals surface area contributed by atoms with Crippen LogP contribution in [-0.4, -0.2) is 26.1 Å². The van der Waals surface area contributed by atoms with Gasteiger partial charge in [-0.25, -0.2) is 8.42 Å². The Labute approximate surface area is 90.5 Å². The van der Waals surface area contributed by atoms with Crippen molar-refractivity contribution in [3.8, 4) is 0 Å². The molecule has 0 bridgehead atoms. The molecule has 15 heavy (non-hydrogen) atoms. The SMILES string of the molecule is CS(=O)(=O)NC(=O)CC1(N)CCCCC1. The number of sulfonamides is 1. The van der Waals surface area contributed by atoms with Crippen LogP contribution in [0, 0.1) is 0 Å². The molecule has 1 aliphatic rings. The molecule has 0 atom stereocenters. The maximum atomic E-state index is 11.4. The first-order chi connectivity index (χ1) is 6.81. The van der Waals surface area contributed by atoms with Gasteiger partial charge in [0.25, 0.3) is 0 Å². The number of nitrogens with two attached hydrogens (primary N) is 1. The molecule has 3 N–H and O–H groups in total. The first-order valence-electron chi connectivity index (χ1n) is 5.10. The molecule has 0 saturated heterocycles. The lowest BCUT2D eigenvalue weighted by atomic mass is 9.80. The lowest BCUT2D eigenvalue weighted by Crippen LogP contribution is -2.46. The number of hydrogen-bond acceptors (Lipinski definition) is 4. The zero-order valence-corrected chi connectivity index (χ0v) is 9.77. The van der Waals surface area contributed by atoms with E-state index >= 15 is 0 Å². The van der Waals surface area contributed by atoms with E-state index in [9.17, 15) is 13.2 Å². The van der Waals surface area contributed by atoms with Gasteiger partial charge < -0.3 is 5.73 Å². The average molecular weight is 234 g/mol. The van der Waals surface area contributed by atoms with Gasteiger partial charge in [-0.2, -0.15) is 0 Å². The third-order valence-electron chi connectivity index (χ3n) is 2.66. The molecular weight excluding hydrogens is 216 g/mol. The van der Waals surface area contributed by atoms with E-state index in [2.05, 4.69) is 0 Å². The van der Waals surface area contributed by atoms with Crippen LogP contribution in [0.4, 0.5) is 0 Å². The number of nitrogens with one attached hydrogen (secondary N) is 1. The van der Waals surface area contributed by atoms with E-state index < -0.39 is 21.5 Å². The second kappa shape index (κ2) is 4.49. The number of hydrogen-bond donors (Lipinski definition) is 2. The van der Waals surface area contributed by atoms with Gasteiger partial charge in [0.2, 0.25) is 15.9 Å². The zero-order valence-electron chi connectivity index (χ0n) is 8.95. The average Bonchev–Trinajstić information content (AvgIpc) is 1.99. The zero-order chi connectivity index (χ0) is 11.5. The van der Waals surface area contributed by atoms with Crippen LogP contribution in [0.1, 0.15) is 38.5 Å². The molecule has 1 rings (SSSR count). The lowest BCUT2D eigenvalue weighted by molar-refractivity contribution is -0.120. The van der Waals surface area contributed by atoms with Crippen LogP contribution in [-0.2, 0) is 14.8 Å². The fraction of sp³-hybridized carbons (Fsp3) is 0.889. The van der Waals surface area contributed by atoms with Crippen molar-refractivity contribution in [2.75, 3.05) is 6.26 Å². The summed E-state index contributed by atoms with van der Waals surface area (Å²) in [6, 6.07) is 0. The highest BCUT2D eigenvalue weighted by atomic mass is 32.2. The molecular formula is C9H18N2O3S. The van der Waals surface area contributed by atoms with Crippen molar-refractivity contribution >= 4 is 15.9 Å². The molecule has 1 fully saturated rings. The van der Waals surface area contributed by atoms with E-state index in [-0.39, 0.29) is 6.42 Å². The Morgan fingerprint density at radius 2 is 1.87 bits per heavy atom.